The summed E-state index contributed by atoms with van der Waals surface area (Å²) in [5.74, 6) is -0.251. The van der Waals surface area contributed by atoms with Crippen LogP contribution in [-0.4, -0.2) is 29.2 Å². The van der Waals surface area contributed by atoms with Gasteiger partial charge in [0.1, 0.15) is 17.5 Å². The lowest BCUT2D eigenvalue weighted by molar-refractivity contribution is -0.0151. The number of benzene rings is 1. The third-order valence-corrected chi connectivity index (χ3v) is 4.11. The van der Waals surface area contributed by atoms with E-state index in [1.807, 2.05) is 20.8 Å². The maximum Gasteiger partial charge on any atom is 0.410 e. The fourth-order valence-corrected chi connectivity index (χ4v) is 3.22. The predicted molar refractivity (Wildman–Crippen MR) is 79.9 cm³/mol. The van der Waals surface area contributed by atoms with Gasteiger partial charge in [0.05, 0.1) is 12.6 Å². The lowest BCUT2D eigenvalue weighted by atomic mass is 9.98. The molecule has 1 fully saturated rings. The van der Waals surface area contributed by atoms with Crippen LogP contribution in [0.4, 0.5) is 9.18 Å². The zero-order valence-electron chi connectivity index (χ0n) is 13.3. The van der Waals surface area contributed by atoms with E-state index in [-0.39, 0.29) is 24.1 Å². The Bertz CT molecular complexity index is 582. The Balaban J connectivity index is 1.79. The molecule has 3 rings (SSSR count). The van der Waals surface area contributed by atoms with Gasteiger partial charge in [-0.2, -0.15) is 0 Å². The molecule has 0 bridgehead atoms. The standard InChI is InChI=1S/C17H22FNO3/c1-17(2,3)22-16(20)19-8-4-5-14(19)15-13-7-6-12(18)9-11(13)10-21-15/h6-7,9,14-15H,4-5,8,10H2,1-3H3/t14-,15?/m0/s1. The summed E-state index contributed by atoms with van der Waals surface area (Å²) in [7, 11) is 0. The molecule has 1 aromatic rings. The molecule has 0 spiro atoms. The van der Waals surface area contributed by atoms with Crippen molar-refractivity contribution >= 4 is 6.09 Å². The first kappa shape index (κ1) is 15.3. The highest BCUT2D eigenvalue weighted by atomic mass is 19.1. The highest BCUT2D eigenvalue weighted by Gasteiger charge is 2.41. The number of likely N-dealkylation sites (tertiary alicyclic amines) is 1. The second kappa shape index (κ2) is 5.54. The Morgan fingerprint density at radius 2 is 2.18 bits per heavy atom. The molecule has 4 nitrogen and oxygen atoms in total. The van der Waals surface area contributed by atoms with Crippen molar-refractivity contribution in [1.82, 2.24) is 4.90 Å². The molecule has 2 aliphatic heterocycles. The minimum atomic E-state index is -0.512. The van der Waals surface area contributed by atoms with Crippen molar-refractivity contribution in [2.24, 2.45) is 0 Å². The van der Waals surface area contributed by atoms with Crippen LogP contribution in [-0.2, 0) is 16.1 Å². The van der Waals surface area contributed by atoms with E-state index < -0.39 is 5.60 Å². The molecular formula is C17H22FNO3. The average molecular weight is 307 g/mol. The van der Waals surface area contributed by atoms with Gasteiger partial charge in [-0.15, -0.1) is 0 Å². The first-order valence-electron chi connectivity index (χ1n) is 7.75. The zero-order valence-corrected chi connectivity index (χ0v) is 13.3. The van der Waals surface area contributed by atoms with E-state index in [0.29, 0.717) is 13.2 Å². The molecular weight excluding hydrogens is 285 g/mol. The molecule has 1 amide bonds. The maximum atomic E-state index is 13.3. The van der Waals surface area contributed by atoms with Crippen LogP contribution in [0.1, 0.15) is 50.8 Å². The lowest BCUT2D eigenvalue weighted by Crippen LogP contribution is -2.42. The molecule has 0 aliphatic carbocycles. The molecule has 1 aromatic carbocycles. The first-order valence-corrected chi connectivity index (χ1v) is 7.75. The molecule has 2 atom stereocenters. The number of carbonyl (C=O) groups is 1. The van der Waals surface area contributed by atoms with E-state index >= 15 is 0 Å². The minimum absolute atomic E-state index is 0.0402. The summed E-state index contributed by atoms with van der Waals surface area (Å²) in [6, 6.07) is 4.70. The molecule has 1 unspecified atom stereocenters. The second-order valence-corrected chi connectivity index (χ2v) is 6.96. The molecule has 0 saturated carbocycles. The van der Waals surface area contributed by atoms with Crippen molar-refractivity contribution < 1.29 is 18.7 Å². The molecule has 0 radical (unpaired) electrons. The van der Waals surface area contributed by atoms with E-state index in [4.69, 9.17) is 9.47 Å². The summed E-state index contributed by atoms with van der Waals surface area (Å²) < 4.78 is 24.7. The van der Waals surface area contributed by atoms with Crippen LogP contribution in [0.3, 0.4) is 0 Å². The summed E-state index contributed by atoms with van der Waals surface area (Å²) in [4.78, 5) is 14.1. The van der Waals surface area contributed by atoms with Gasteiger partial charge in [-0.3, -0.25) is 0 Å². The molecule has 0 aromatic heterocycles. The normalized spacial score (nSPS) is 24.5. The molecule has 22 heavy (non-hydrogen) atoms. The molecule has 120 valence electrons. The highest BCUT2D eigenvalue weighted by molar-refractivity contribution is 5.69. The average Bonchev–Trinajstić information content (AvgIpc) is 3.00. The van der Waals surface area contributed by atoms with Crippen molar-refractivity contribution in [3.05, 3.63) is 35.1 Å². The number of fused-ring (bicyclic) bond motifs is 1. The van der Waals surface area contributed by atoms with Crippen molar-refractivity contribution in [1.29, 1.82) is 0 Å². The van der Waals surface area contributed by atoms with Crippen LogP contribution >= 0.6 is 0 Å². The Kier molecular flexibility index (Phi) is 3.85. The molecule has 5 heteroatoms. The number of halogens is 1. The van der Waals surface area contributed by atoms with Crippen LogP contribution in [0.2, 0.25) is 0 Å². The van der Waals surface area contributed by atoms with Crippen LogP contribution in [0, 0.1) is 5.82 Å². The highest BCUT2D eigenvalue weighted by Crippen LogP contribution is 2.39. The van der Waals surface area contributed by atoms with Crippen molar-refractivity contribution in [2.45, 2.75) is 58.0 Å². The molecule has 2 heterocycles. The predicted octanol–water partition coefficient (Wildman–Crippen LogP) is 3.80. The topological polar surface area (TPSA) is 38.8 Å². The zero-order chi connectivity index (χ0) is 15.9. The van der Waals surface area contributed by atoms with E-state index in [0.717, 1.165) is 24.0 Å². The van der Waals surface area contributed by atoms with Gasteiger partial charge in [0, 0.05) is 6.54 Å². The molecule has 2 aliphatic rings. The van der Waals surface area contributed by atoms with Gasteiger partial charge >= 0.3 is 6.09 Å². The minimum Gasteiger partial charge on any atom is -0.444 e. The number of amides is 1. The van der Waals surface area contributed by atoms with E-state index in [1.165, 1.54) is 12.1 Å². The summed E-state index contributed by atoms with van der Waals surface area (Å²) >= 11 is 0. The van der Waals surface area contributed by atoms with Gasteiger partial charge in [-0.25, -0.2) is 9.18 Å². The van der Waals surface area contributed by atoms with Gasteiger partial charge < -0.3 is 14.4 Å². The Morgan fingerprint density at radius 3 is 2.91 bits per heavy atom. The number of nitrogens with zero attached hydrogens (tertiary/aromatic N) is 1. The summed E-state index contributed by atoms with van der Waals surface area (Å²) in [6.45, 7) is 6.66. The number of hydrogen-bond donors (Lipinski definition) is 0. The van der Waals surface area contributed by atoms with Crippen LogP contribution in [0.5, 0.6) is 0 Å². The van der Waals surface area contributed by atoms with Gasteiger partial charge in [-0.05, 0) is 56.9 Å². The molecule has 1 saturated heterocycles. The number of rotatable bonds is 1. The molecule has 0 N–H and O–H groups in total. The van der Waals surface area contributed by atoms with Crippen LogP contribution in [0.15, 0.2) is 18.2 Å². The quantitative estimate of drug-likeness (QED) is 0.792. The van der Waals surface area contributed by atoms with Gasteiger partial charge in [0.2, 0.25) is 0 Å². The first-order chi connectivity index (χ1) is 10.3. The van der Waals surface area contributed by atoms with Gasteiger partial charge in [0.15, 0.2) is 0 Å². The van der Waals surface area contributed by atoms with Gasteiger partial charge in [-0.1, -0.05) is 6.07 Å². The largest absolute Gasteiger partial charge is 0.444 e. The Hall–Kier alpha value is -1.62. The van der Waals surface area contributed by atoms with Gasteiger partial charge in [0.25, 0.3) is 0 Å². The Morgan fingerprint density at radius 1 is 1.41 bits per heavy atom. The smallest absolute Gasteiger partial charge is 0.410 e. The van der Waals surface area contributed by atoms with Crippen LogP contribution < -0.4 is 0 Å². The van der Waals surface area contributed by atoms with Crippen molar-refractivity contribution in [3.63, 3.8) is 0 Å². The van der Waals surface area contributed by atoms with E-state index in [9.17, 15) is 9.18 Å². The van der Waals surface area contributed by atoms with Crippen molar-refractivity contribution in [3.8, 4) is 0 Å². The van der Waals surface area contributed by atoms with Crippen LogP contribution in [0.25, 0.3) is 0 Å². The monoisotopic (exact) mass is 307 g/mol. The second-order valence-electron chi connectivity index (χ2n) is 6.96. The number of ether oxygens (including phenoxy) is 2. The maximum absolute atomic E-state index is 13.3. The van der Waals surface area contributed by atoms with Crippen molar-refractivity contribution in [2.75, 3.05) is 6.54 Å². The fourth-order valence-electron chi connectivity index (χ4n) is 3.22. The lowest BCUT2D eigenvalue weighted by Gasteiger charge is -2.31. The van der Waals surface area contributed by atoms with E-state index in [2.05, 4.69) is 0 Å². The number of carbonyl (C=O) groups excluding carboxylic acids is 1. The number of hydrogen-bond acceptors (Lipinski definition) is 3. The van der Waals surface area contributed by atoms with E-state index in [1.54, 1.807) is 11.0 Å². The fraction of sp³-hybridized carbons (Fsp3) is 0.588. The summed E-state index contributed by atoms with van der Waals surface area (Å²) in [5.41, 5.74) is 1.35. The summed E-state index contributed by atoms with van der Waals surface area (Å²) in [6.07, 6.45) is 1.32. The Labute approximate surface area is 130 Å². The third kappa shape index (κ3) is 2.95. The third-order valence-electron chi connectivity index (χ3n) is 4.11. The summed E-state index contributed by atoms with van der Waals surface area (Å²) in [5, 5.41) is 0. The SMILES string of the molecule is CC(C)(C)OC(=O)N1CCC[C@H]1C1OCc2cc(F)ccc21.